The molecule has 0 fully saturated rings. The third-order valence-corrected chi connectivity index (χ3v) is 9.24. The largest absolute Gasteiger partial charge is 0.323 e. The summed E-state index contributed by atoms with van der Waals surface area (Å²) in [7, 11) is 0. The fourth-order valence-electron chi connectivity index (χ4n) is 4.32. The van der Waals surface area contributed by atoms with Crippen LogP contribution in [0.15, 0.2) is 142 Å². The van der Waals surface area contributed by atoms with Gasteiger partial charge in [0.1, 0.15) is 10.9 Å². The molecule has 3 amide bonds. The molecule has 5 aromatic rings. The number of hydrogen-bond donors (Lipinski definition) is 3. The van der Waals surface area contributed by atoms with Crippen molar-refractivity contribution in [2.45, 2.75) is 10.1 Å². The molecule has 0 aliphatic heterocycles. The molecule has 0 heterocycles. The summed E-state index contributed by atoms with van der Waals surface area (Å²) in [6.45, 7) is 0. The molecule has 0 bridgehead atoms. The highest BCUT2D eigenvalue weighted by molar-refractivity contribution is 9.10. The van der Waals surface area contributed by atoms with Crippen LogP contribution in [0.3, 0.4) is 0 Å². The van der Waals surface area contributed by atoms with Gasteiger partial charge in [-0.1, -0.05) is 106 Å². The van der Waals surface area contributed by atoms with Crippen molar-refractivity contribution in [1.29, 1.82) is 0 Å². The summed E-state index contributed by atoms with van der Waals surface area (Å²) in [4.78, 5) is 40.7. The maximum absolute atomic E-state index is 13.5. The van der Waals surface area contributed by atoms with Crippen LogP contribution >= 0.6 is 50.9 Å². The van der Waals surface area contributed by atoms with Crippen molar-refractivity contribution in [1.82, 2.24) is 5.32 Å². The maximum atomic E-state index is 13.5. The monoisotopic (exact) mass is 729 g/mol. The van der Waals surface area contributed by atoms with Gasteiger partial charge in [-0.15, -0.1) is 11.8 Å². The summed E-state index contributed by atoms with van der Waals surface area (Å²) in [6, 6.07) is 37.6. The molecule has 3 N–H and O–H groups in total. The molecule has 0 aromatic heterocycles. The lowest BCUT2D eigenvalue weighted by atomic mass is 10.1. The van der Waals surface area contributed by atoms with Gasteiger partial charge in [-0.3, -0.25) is 14.4 Å². The number of thioether (sulfide) groups is 1. The lowest BCUT2D eigenvalue weighted by molar-refractivity contribution is -0.116. The zero-order valence-corrected chi connectivity index (χ0v) is 28.0. The Morgan fingerprint density at radius 1 is 0.717 bits per heavy atom. The van der Waals surface area contributed by atoms with Crippen molar-refractivity contribution in [2.75, 3.05) is 10.6 Å². The first-order valence-corrected chi connectivity index (χ1v) is 16.4. The molecule has 0 saturated heterocycles. The second kappa shape index (κ2) is 15.8. The minimum atomic E-state index is -0.606. The molecule has 5 aromatic carbocycles. The van der Waals surface area contributed by atoms with Gasteiger partial charge in [0.2, 0.25) is 5.91 Å². The van der Waals surface area contributed by atoms with E-state index in [0.717, 1.165) is 20.5 Å². The van der Waals surface area contributed by atoms with Gasteiger partial charge in [0.15, 0.2) is 0 Å². The lowest BCUT2D eigenvalue weighted by Gasteiger charge is -2.18. The fraction of sp³-hybridized carbons (Fsp3) is 0.0278. The molecule has 5 rings (SSSR count). The second-order valence-electron chi connectivity index (χ2n) is 9.91. The maximum Gasteiger partial charge on any atom is 0.272 e. The van der Waals surface area contributed by atoms with Gasteiger partial charge in [0.05, 0.1) is 15.7 Å². The summed E-state index contributed by atoms with van der Waals surface area (Å²) in [5.74, 6) is -1.17. The topological polar surface area (TPSA) is 87.3 Å². The van der Waals surface area contributed by atoms with E-state index in [9.17, 15) is 14.4 Å². The first-order valence-electron chi connectivity index (χ1n) is 14.0. The molecule has 46 heavy (non-hydrogen) atoms. The highest BCUT2D eigenvalue weighted by Crippen LogP contribution is 2.38. The van der Waals surface area contributed by atoms with Crippen LogP contribution in [0.4, 0.5) is 11.4 Å². The van der Waals surface area contributed by atoms with Crippen LogP contribution in [0.5, 0.6) is 0 Å². The summed E-state index contributed by atoms with van der Waals surface area (Å²) < 4.78 is 0.891. The Hall–Kier alpha value is -4.34. The minimum Gasteiger partial charge on any atom is -0.323 e. The number of halogens is 3. The minimum absolute atomic E-state index is 0.0788. The first kappa shape index (κ1) is 33.0. The van der Waals surface area contributed by atoms with Crippen LogP contribution < -0.4 is 16.0 Å². The standard InChI is InChI=1S/C36H26BrCl2N3O3S/c37-26-16-14-23(15-17-26)22-31(42-34(43)25-10-5-2-6-11-25)35(44)40-27-18-20-28(21-19-27)46-33(24-8-3-1-4-9-24)36(45)41-30-13-7-12-29(38)32(30)39/h1-22,33H,(H,40,44)(H,41,45)(H,42,43)/b31-22-. The number of rotatable bonds is 10. The van der Waals surface area contributed by atoms with E-state index in [2.05, 4.69) is 31.9 Å². The van der Waals surface area contributed by atoms with E-state index in [-0.39, 0.29) is 16.6 Å². The normalized spacial score (nSPS) is 11.8. The van der Waals surface area contributed by atoms with Crippen LogP contribution in [0.25, 0.3) is 6.08 Å². The summed E-state index contributed by atoms with van der Waals surface area (Å²) in [5.41, 5.74) is 2.97. The predicted molar refractivity (Wildman–Crippen MR) is 191 cm³/mol. The molecular weight excluding hydrogens is 705 g/mol. The Morgan fingerprint density at radius 2 is 1.37 bits per heavy atom. The van der Waals surface area contributed by atoms with Gasteiger partial charge in [-0.05, 0) is 77.9 Å². The summed E-state index contributed by atoms with van der Waals surface area (Å²) >= 11 is 17.2. The van der Waals surface area contributed by atoms with Gasteiger partial charge in [0.25, 0.3) is 11.8 Å². The van der Waals surface area contributed by atoms with Crippen molar-refractivity contribution in [3.05, 3.63) is 164 Å². The number of carbonyl (C=O) groups is 3. The Bertz CT molecular complexity index is 1870. The number of anilines is 2. The average Bonchev–Trinajstić information content (AvgIpc) is 3.07. The highest BCUT2D eigenvalue weighted by Gasteiger charge is 2.23. The van der Waals surface area contributed by atoms with E-state index >= 15 is 0 Å². The van der Waals surface area contributed by atoms with Gasteiger partial charge < -0.3 is 16.0 Å². The quantitative estimate of drug-likeness (QED) is 0.0987. The molecule has 1 unspecified atom stereocenters. The van der Waals surface area contributed by atoms with E-state index < -0.39 is 17.1 Å². The Morgan fingerprint density at radius 3 is 2.04 bits per heavy atom. The van der Waals surface area contributed by atoms with E-state index in [1.807, 2.05) is 72.8 Å². The van der Waals surface area contributed by atoms with Crippen LogP contribution in [0, 0.1) is 0 Å². The van der Waals surface area contributed by atoms with E-state index in [1.54, 1.807) is 60.7 Å². The first-order chi connectivity index (χ1) is 22.3. The van der Waals surface area contributed by atoms with E-state index in [0.29, 0.717) is 22.0 Å². The number of benzene rings is 5. The fourth-order valence-corrected chi connectivity index (χ4v) is 5.96. The molecule has 6 nitrogen and oxygen atoms in total. The van der Waals surface area contributed by atoms with Gasteiger partial charge in [0, 0.05) is 20.6 Å². The SMILES string of the molecule is O=C(Nc1ccc(SC(C(=O)Nc2cccc(Cl)c2Cl)c2ccccc2)cc1)/C(=C/c1ccc(Br)cc1)NC(=O)c1ccccc1. The smallest absolute Gasteiger partial charge is 0.272 e. The third-order valence-electron chi connectivity index (χ3n) is 6.63. The molecule has 0 aliphatic rings. The Kier molecular flexibility index (Phi) is 11.3. The predicted octanol–water partition coefficient (Wildman–Crippen LogP) is 9.64. The van der Waals surface area contributed by atoms with Crippen LogP contribution in [-0.4, -0.2) is 17.7 Å². The molecular formula is C36H26BrCl2N3O3S. The Labute approximate surface area is 289 Å². The zero-order chi connectivity index (χ0) is 32.5. The van der Waals surface area contributed by atoms with Crippen LogP contribution in [0.2, 0.25) is 10.0 Å². The summed E-state index contributed by atoms with van der Waals surface area (Å²) in [5, 5.41) is 8.50. The third kappa shape index (κ3) is 8.89. The number of nitrogens with one attached hydrogen (secondary N) is 3. The van der Waals surface area contributed by atoms with Crippen LogP contribution in [-0.2, 0) is 9.59 Å². The molecule has 10 heteroatoms. The van der Waals surface area contributed by atoms with Gasteiger partial charge in [-0.2, -0.15) is 0 Å². The zero-order valence-electron chi connectivity index (χ0n) is 24.0. The molecule has 0 saturated carbocycles. The number of hydrogen-bond acceptors (Lipinski definition) is 4. The van der Waals surface area contributed by atoms with E-state index in [4.69, 9.17) is 23.2 Å². The summed E-state index contributed by atoms with van der Waals surface area (Å²) in [6.07, 6.45) is 1.61. The lowest BCUT2D eigenvalue weighted by Crippen LogP contribution is -2.30. The molecule has 1 atom stereocenters. The van der Waals surface area contributed by atoms with Crippen molar-refractivity contribution in [3.63, 3.8) is 0 Å². The Balaban J connectivity index is 1.33. The van der Waals surface area contributed by atoms with Crippen molar-refractivity contribution in [2.24, 2.45) is 0 Å². The van der Waals surface area contributed by atoms with Crippen LogP contribution in [0.1, 0.15) is 26.7 Å². The molecule has 0 aliphatic carbocycles. The highest BCUT2D eigenvalue weighted by atomic mass is 79.9. The average molecular weight is 731 g/mol. The van der Waals surface area contributed by atoms with E-state index in [1.165, 1.54) is 11.8 Å². The number of amides is 3. The second-order valence-corrected chi connectivity index (χ2v) is 12.8. The molecule has 230 valence electrons. The number of carbonyl (C=O) groups excluding carboxylic acids is 3. The molecule has 0 spiro atoms. The van der Waals surface area contributed by atoms with Crippen molar-refractivity contribution < 1.29 is 14.4 Å². The molecule has 0 radical (unpaired) electrons. The van der Waals surface area contributed by atoms with Gasteiger partial charge in [-0.25, -0.2) is 0 Å². The van der Waals surface area contributed by atoms with Crippen molar-refractivity contribution in [3.8, 4) is 0 Å². The van der Waals surface area contributed by atoms with Crippen molar-refractivity contribution >= 4 is 86.1 Å². The van der Waals surface area contributed by atoms with Gasteiger partial charge >= 0.3 is 0 Å².